The first-order valence-corrected chi connectivity index (χ1v) is 10.8. The number of hydrogen-bond acceptors (Lipinski definition) is 5. The molecule has 0 aliphatic rings. The number of nitrogens with zero attached hydrogens (tertiary/aromatic N) is 2. The molecule has 0 unspecified atom stereocenters. The highest BCUT2D eigenvalue weighted by molar-refractivity contribution is 7.13. The van der Waals surface area contributed by atoms with Crippen LogP contribution in [0.15, 0.2) is 90.3 Å². The Morgan fingerprint density at radius 2 is 1.78 bits per heavy atom. The molecule has 0 bridgehead atoms. The average molecular weight is 442 g/mol. The van der Waals surface area contributed by atoms with Crippen LogP contribution in [0.25, 0.3) is 27.9 Å². The lowest BCUT2D eigenvalue weighted by atomic mass is 10.1. The lowest BCUT2D eigenvalue weighted by Crippen LogP contribution is -2.20. The van der Waals surface area contributed by atoms with Crippen molar-refractivity contribution in [3.05, 3.63) is 112 Å². The van der Waals surface area contributed by atoms with Crippen LogP contribution >= 0.6 is 11.3 Å². The summed E-state index contributed by atoms with van der Waals surface area (Å²) < 4.78 is 0. The Morgan fingerprint density at radius 1 is 1.00 bits per heavy atom. The van der Waals surface area contributed by atoms with Gasteiger partial charge in [-0.15, -0.1) is 11.3 Å². The minimum Gasteiger partial charge on any atom is -0.348 e. The van der Waals surface area contributed by atoms with Gasteiger partial charge in [0.1, 0.15) is 5.01 Å². The van der Waals surface area contributed by atoms with E-state index in [9.17, 15) is 14.9 Å². The highest BCUT2D eigenvalue weighted by atomic mass is 32.1. The highest BCUT2D eigenvalue weighted by Crippen LogP contribution is 2.28. The number of carbonyl (C=O) groups is 1. The molecule has 0 saturated heterocycles. The number of thiazole rings is 1. The van der Waals surface area contributed by atoms with Crippen molar-refractivity contribution < 1.29 is 9.72 Å². The fourth-order valence-electron chi connectivity index (χ4n) is 3.08. The van der Waals surface area contributed by atoms with Crippen LogP contribution in [-0.4, -0.2) is 15.8 Å². The molecule has 158 valence electrons. The van der Waals surface area contributed by atoms with Crippen molar-refractivity contribution in [2.45, 2.75) is 6.54 Å². The summed E-state index contributed by atoms with van der Waals surface area (Å²) in [4.78, 5) is 27.2. The van der Waals surface area contributed by atoms with Crippen molar-refractivity contribution in [3.63, 3.8) is 0 Å². The lowest BCUT2D eigenvalue weighted by Gasteiger charge is -2.04. The summed E-state index contributed by atoms with van der Waals surface area (Å²) in [6, 6.07) is 24.1. The smallest absolute Gasteiger partial charge is 0.270 e. The van der Waals surface area contributed by atoms with Gasteiger partial charge in [-0.2, -0.15) is 0 Å². The van der Waals surface area contributed by atoms with E-state index in [1.165, 1.54) is 18.2 Å². The first kappa shape index (κ1) is 21.1. The van der Waals surface area contributed by atoms with E-state index in [2.05, 4.69) is 5.32 Å². The monoisotopic (exact) mass is 441 g/mol. The van der Waals surface area contributed by atoms with Gasteiger partial charge in [-0.3, -0.25) is 14.9 Å². The van der Waals surface area contributed by atoms with Crippen LogP contribution in [0.1, 0.15) is 11.1 Å². The molecule has 0 atom stereocenters. The minimum absolute atomic E-state index is 0.0104. The first-order valence-electron chi connectivity index (χ1n) is 9.89. The number of benzene rings is 3. The Labute approximate surface area is 189 Å². The van der Waals surface area contributed by atoms with E-state index in [-0.39, 0.29) is 11.6 Å². The standard InChI is InChI=1S/C25H19N3O3S/c29-24(14-11-18-5-4-8-22(15-18)28(30)31)26-16-19-9-12-21(13-10-19)25-27-23(17-32-25)20-6-2-1-3-7-20/h1-15,17H,16H2,(H,26,29)/b14-11+. The maximum atomic E-state index is 12.1. The number of carbonyl (C=O) groups excluding carboxylic acids is 1. The second-order valence-electron chi connectivity index (χ2n) is 7.00. The maximum Gasteiger partial charge on any atom is 0.270 e. The quantitative estimate of drug-likeness (QED) is 0.226. The largest absolute Gasteiger partial charge is 0.348 e. The van der Waals surface area contributed by atoms with Gasteiger partial charge in [-0.1, -0.05) is 66.7 Å². The summed E-state index contributed by atoms with van der Waals surface area (Å²) in [5.74, 6) is -0.270. The SMILES string of the molecule is O=C(/C=C/c1cccc([N+](=O)[O-])c1)NCc1ccc(-c2nc(-c3ccccc3)cs2)cc1. The summed E-state index contributed by atoms with van der Waals surface area (Å²) in [6.45, 7) is 0.380. The van der Waals surface area contributed by atoms with Gasteiger partial charge in [0.25, 0.3) is 5.69 Å². The molecular weight excluding hydrogens is 422 g/mol. The molecule has 6 nitrogen and oxygen atoms in total. The van der Waals surface area contributed by atoms with Crippen molar-refractivity contribution in [1.29, 1.82) is 0 Å². The van der Waals surface area contributed by atoms with Gasteiger partial charge in [-0.05, 0) is 17.2 Å². The molecule has 1 N–H and O–H groups in total. The lowest BCUT2D eigenvalue weighted by molar-refractivity contribution is -0.384. The predicted molar refractivity (Wildman–Crippen MR) is 127 cm³/mol. The molecule has 0 aliphatic heterocycles. The Morgan fingerprint density at radius 3 is 2.53 bits per heavy atom. The molecule has 4 rings (SSSR count). The minimum atomic E-state index is -0.463. The van der Waals surface area contributed by atoms with Crippen molar-refractivity contribution in [2.75, 3.05) is 0 Å². The molecule has 1 heterocycles. The molecule has 0 radical (unpaired) electrons. The van der Waals surface area contributed by atoms with Crippen LogP contribution in [0.5, 0.6) is 0 Å². The number of amides is 1. The number of nitro groups is 1. The third-order valence-electron chi connectivity index (χ3n) is 4.75. The third kappa shape index (κ3) is 5.33. The summed E-state index contributed by atoms with van der Waals surface area (Å²) in [7, 11) is 0. The van der Waals surface area contributed by atoms with E-state index in [0.29, 0.717) is 12.1 Å². The van der Waals surface area contributed by atoms with Gasteiger partial charge in [-0.25, -0.2) is 4.98 Å². The fraction of sp³-hybridized carbons (Fsp3) is 0.0400. The molecule has 32 heavy (non-hydrogen) atoms. The summed E-state index contributed by atoms with van der Waals surface area (Å²) in [5, 5.41) is 16.6. The Kier molecular flexibility index (Phi) is 6.48. The van der Waals surface area contributed by atoms with Gasteiger partial charge < -0.3 is 5.32 Å². The predicted octanol–water partition coefficient (Wildman–Crippen LogP) is 5.71. The maximum absolute atomic E-state index is 12.1. The summed E-state index contributed by atoms with van der Waals surface area (Å²) in [5.41, 5.74) is 4.62. The molecule has 0 fully saturated rings. The molecule has 4 aromatic rings. The van der Waals surface area contributed by atoms with Gasteiger partial charge >= 0.3 is 0 Å². The molecule has 0 saturated carbocycles. The first-order chi connectivity index (χ1) is 15.6. The Bertz CT molecular complexity index is 1270. The van der Waals surface area contributed by atoms with Crippen molar-refractivity contribution >= 4 is 29.0 Å². The van der Waals surface area contributed by atoms with E-state index < -0.39 is 4.92 Å². The zero-order valence-corrected chi connectivity index (χ0v) is 17.8. The zero-order valence-electron chi connectivity index (χ0n) is 17.0. The van der Waals surface area contributed by atoms with Crippen molar-refractivity contribution in [3.8, 4) is 21.8 Å². The van der Waals surface area contributed by atoms with Crippen LogP contribution in [-0.2, 0) is 11.3 Å². The van der Waals surface area contributed by atoms with Gasteiger partial charge in [0.2, 0.25) is 5.91 Å². The number of rotatable bonds is 7. The van der Waals surface area contributed by atoms with Crippen LogP contribution < -0.4 is 5.32 Å². The second kappa shape index (κ2) is 9.80. The Hall–Kier alpha value is -4.10. The molecule has 7 heteroatoms. The van der Waals surface area contributed by atoms with Gasteiger partial charge in [0.05, 0.1) is 10.6 Å². The van der Waals surface area contributed by atoms with Crippen molar-refractivity contribution in [2.24, 2.45) is 0 Å². The molecular formula is C25H19N3O3S. The topological polar surface area (TPSA) is 85.1 Å². The van der Waals surface area contributed by atoms with Crippen LogP contribution in [0.3, 0.4) is 0 Å². The van der Waals surface area contributed by atoms with E-state index in [1.54, 1.807) is 29.5 Å². The molecule has 1 aromatic heterocycles. The number of aromatic nitrogens is 1. The number of nitrogens with one attached hydrogen (secondary N) is 1. The van der Waals surface area contributed by atoms with E-state index in [1.807, 2.05) is 60.0 Å². The Balaban J connectivity index is 1.34. The fourth-order valence-corrected chi connectivity index (χ4v) is 3.91. The number of non-ortho nitro benzene ring substituents is 1. The zero-order chi connectivity index (χ0) is 22.3. The highest BCUT2D eigenvalue weighted by Gasteiger charge is 2.07. The summed E-state index contributed by atoms with van der Waals surface area (Å²) >= 11 is 1.60. The number of hydrogen-bond donors (Lipinski definition) is 1. The third-order valence-corrected chi connectivity index (χ3v) is 5.64. The van der Waals surface area contributed by atoms with Crippen LogP contribution in [0, 0.1) is 10.1 Å². The molecule has 0 spiro atoms. The van der Waals surface area contributed by atoms with Gasteiger partial charge in [0.15, 0.2) is 0 Å². The number of nitro benzene ring substituents is 1. The normalized spacial score (nSPS) is 10.9. The van der Waals surface area contributed by atoms with Crippen LogP contribution in [0.4, 0.5) is 5.69 Å². The van der Waals surface area contributed by atoms with Gasteiger partial charge in [0, 0.05) is 41.3 Å². The van der Waals surface area contributed by atoms with E-state index >= 15 is 0 Å². The van der Waals surface area contributed by atoms with Crippen molar-refractivity contribution in [1.82, 2.24) is 10.3 Å². The van der Waals surface area contributed by atoms with E-state index in [4.69, 9.17) is 4.98 Å². The van der Waals surface area contributed by atoms with E-state index in [0.717, 1.165) is 27.4 Å². The summed E-state index contributed by atoms with van der Waals surface area (Å²) in [6.07, 6.45) is 2.92. The molecule has 1 amide bonds. The molecule has 3 aromatic carbocycles. The molecule has 0 aliphatic carbocycles. The second-order valence-corrected chi connectivity index (χ2v) is 7.86. The van der Waals surface area contributed by atoms with Crippen LogP contribution in [0.2, 0.25) is 0 Å². The average Bonchev–Trinajstić information content (AvgIpc) is 3.33.